The second-order valence-electron chi connectivity index (χ2n) is 7.30. The first kappa shape index (κ1) is 21.9. The molecule has 6 nitrogen and oxygen atoms in total. The van der Waals surface area contributed by atoms with Crippen molar-refractivity contribution in [2.75, 3.05) is 12.0 Å². The van der Waals surface area contributed by atoms with Gasteiger partial charge < -0.3 is 9.68 Å². The van der Waals surface area contributed by atoms with Gasteiger partial charge in [-0.05, 0) is 47.1 Å². The van der Waals surface area contributed by atoms with Gasteiger partial charge in [0.1, 0.15) is 5.78 Å². The number of benzene rings is 2. The van der Waals surface area contributed by atoms with Gasteiger partial charge in [-0.25, -0.2) is 8.42 Å². The smallest absolute Gasteiger partial charge is 0.423 e. The Labute approximate surface area is 173 Å². The van der Waals surface area contributed by atoms with Crippen molar-refractivity contribution in [2.24, 2.45) is 0 Å². The lowest BCUT2D eigenvalue weighted by Gasteiger charge is -2.13. The van der Waals surface area contributed by atoms with Gasteiger partial charge in [-0.15, -0.1) is 0 Å². The van der Waals surface area contributed by atoms with E-state index in [1.165, 1.54) is 13.0 Å². The fraction of sp³-hybridized carbons (Fsp3) is 0.350. The third-order valence-corrected chi connectivity index (χ3v) is 7.36. The first-order chi connectivity index (χ1) is 13.7. The molecule has 154 valence electrons. The highest BCUT2D eigenvalue weighted by Crippen LogP contribution is 2.24. The minimum atomic E-state index is -3.68. The van der Waals surface area contributed by atoms with Crippen LogP contribution in [0.1, 0.15) is 29.2 Å². The van der Waals surface area contributed by atoms with Gasteiger partial charge in [-0.3, -0.25) is 9.00 Å². The molecule has 0 spiro atoms. The highest BCUT2D eigenvalue weighted by Gasteiger charge is 2.28. The normalized spacial score (nSPS) is 14.7. The van der Waals surface area contributed by atoms with Crippen LogP contribution in [0.4, 0.5) is 0 Å². The molecule has 1 atom stereocenters. The maximum Gasteiger partial charge on any atom is 0.491 e. The summed E-state index contributed by atoms with van der Waals surface area (Å²) in [6.07, 6.45) is 2.15. The fourth-order valence-electron chi connectivity index (χ4n) is 3.43. The second-order valence-corrected chi connectivity index (χ2v) is 10.8. The summed E-state index contributed by atoms with van der Waals surface area (Å²) in [4.78, 5) is 11.6. The predicted octanol–water partition coefficient (Wildman–Crippen LogP) is 0.931. The molecule has 1 N–H and O–H groups in total. The average Bonchev–Trinajstić information content (AvgIpc) is 2.99. The van der Waals surface area contributed by atoms with Crippen LogP contribution in [0.25, 0.3) is 0 Å². The van der Waals surface area contributed by atoms with Crippen molar-refractivity contribution >= 4 is 39.0 Å². The van der Waals surface area contributed by atoms with Crippen molar-refractivity contribution in [3.8, 4) is 0 Å². The molecule has 0 saturated heterocycles. The van der Waals surface area contributed by atoms with Gasteiger partial charge >= 0.3 is 7.12 Å². The lowest BCUT2D eigenvalue weighted by molar-refractivity contribution is -0.116. The summed E-state index contributed by atoms with van der Waals surface area (Å²) in [6, 6.07) is 10.1. The lowest BCUT2D eigenvalue weighted by atomic mass is 9.79. The van der Waals surface area contributed by atoms with Crippen LogP contribution >= 0.6 is 0 Å². The topological polar surface area (TPSA) is 97.7 Å². The minimum absolute atomic E-state index is 0.00968. The van der Waals surface area contributed by atoms with Gasteiger partial charge in [0.05, 0.1) is 17.3 Å². The lowest BCUT2D eigenvalue weighted by Crippen LogP contribution is -2.28. The van der Waals surface area contributed by atoms with E-state index in [4.69, 9.17) is 4.65 Å². The molecule has 1 aliphatic rings. The third kappa shape index (κ3) is 5.42. The molecule has 0 amide bonds. The molecule has 0 radical (unpaired) electrons. The van der Waals surface area contributed by atoms with Crippen molar-refractivity contribution in [3.05, 3.63) is 58.7 Å². The molecule has 1 aliphatic heterocycles. The number of carbonyl (C=O) groups is 1. The van der Waals surface area contributed by atoms with Gasteiger partial charge in [-0.1, -0.05) is 30.3 Å². The second kappa shape index (κ2) is 8.91. The minimum Gasteiger partial charge on any atom is -0.423 e. The Morgan fingerprint density at radius 1 is 1.21 bits per heavy atom. The monoisotopic (exact) mass is 434 g/mol. The number of fused-ring (bicyclic) bond motifs is 1. The number of Topliss-reactive ketones (excluding diaryl/α,β-unsaturated/α-hetero) is 1. The van der Waals surface area contributed by atoms with E-state index in [2.05, 4.69) is 0 Å². The number of aryl methyl sites for hydroxylation is 1. The molecule has 29 heavy (non-hydrogen) atoms. The molecule has 3 rings (SSSR count). The standard InChI is InChI=1S/C20H23BO6S2/c1-14(22)9-15-4-6-20(17(10-15)7-8-28(2)24)29(25,26)13-16-3-5-18-12-27-21(23)19(18)11-16/h3-6,10-11,23H,7-9,12-13H2,1-2H3. The SMILES string of the molecule is CC(=O)Cc1ccc(S(=O)(=O)Cc2ccc3c(c2)B(O)OC3)c(CCS(C)=O)c1. The van der Waals surface area contributed by atoms with Crippen LogP contribution in [0.5, 0.6) is 0 Å². The molecule has 1 unspecified atom stereocenters. The Hall–Kier alpha value is -1.81. The molecule has 1 heterocycles. The zero-order valence-electron chi connectivity index (χ0n) is 16.4. The van der Waals surface area contributed by atoms with Gasteiger partial charge in [0.15, 0.2) is 9.84 Å². The molecule has 0 bridgehead atoms. The molecule has 0 aromatic heterocycles. The number of hydrogen-bond acceptors (Lipinski definition) is 6. The summed E-state index contributed by atoms with van der Waals surface area (Å²) in [6.45, 7) is 1.79. The summed E-state index contributed by atoms with van der Waals surface area (Å²) < 4.78 is 43.0. The third-order valence-electron chi connectivity index (χ3n) is 4.80. The Balaban J connectivity index is 1.93. The van der Waals surface area contributed by atoms with Crippen molar-refractivity contribution in [1.29, 1.82) is 0 Å². The van der Waals surface area contributed by atoms with E-state index in [0.29, 0.717) is 35.4 Å². The Morgan fingerprint density at radius 2 is 1.93 bits per heavy atom. The van der Waals surface area contributed by atoms with Gasteiger partial charge in [0, 0.05) is 29.2 Å². The average molecular weight is 434 g/mol. The van der Waals surface area contributed by atoms with Crippen molar-refractivity contribution in [2.45, 2.75) is 37.0 Å². The molecule has 2 aromatic carbocycles. The van der Waals surface area contributed by atoms with Gasteiger partial charge in [0.2, 0.25) is 0 Å². The molecule has 9 heteroatoms. The van der Waals surface area contributed by atoms with Crippen LogP contribution in [0.2, 0.25) is 0 Å². The number of sulfone groups is 1. The number of rotatable bonds is 8. The first-order valence-electron chi connectivity index (χ1n) is 9.21. The summed E-state index contributed by atoms with van der Waals surface area (Å²) in [5, 5.41) is 9.86. The van der Waals surface area contributed by atoms with E-state index in [-0.39, 0.29) is 22.9 Å². The van der Waals surface area contributed by atoms with E-state index < -0.39 is 27.8 Å². The summed E-state index contributed by atoms with van der Waals surface area (Å²) in [7, 11) is -5.78. The molecule has 2 aromatic rings. The zero-order valence-corrected chi connectivity index (χ0v) is 18.0. The Kier molecular flexibility index (Phi) is 6.73. The first-order valence-corrected chi connectivity index (χ1v) is 12.6. The molecule has 0 fully saturated rings. The van der Waals surface area contributed by atoms with Crippen molar-refractivity contribution in [3.63, 3.8) is 0 Å². The largest absolute Gasteiger partial charge is 0.491 e. The highest BCUT2D eigenvalue weighted by molar-refractivity contribution is 7.90. The van der Waals surface area contributed by atoms with Crippen LogP contribution in [0.15, 0.2) is 41.3 Å². The Morgan fingerprint density at radius 3 is 2.62 bits per heavy atom. The maximum absolute atomic E-state index is 13.1. The van der Waals surface area contributed by atoms with Gasteiger partial charge in [-0.2, -0.15) is 0 Å². The zero-order chi connectivity index (χ0) is 21.2. The van der Waals surface area contributed by atoms with E-state index in [0.717, 1.165) is 11.1 Å². The number of carbonyl (C=O) groups excluding carboxylic acids is 1. The highest BCUT2D eigenvalue weighted by atomic mass is 32.2. The maximum atomic E-state index is 13.1. The van der Waals surface area contributed by atoms with Gasteiger partial charge in [0.25, 0.3) is 0 Å². The summed E-state index contributed by atoms with van der Waals surface area (Å²) >= 11 is 0. The van der Waals surface area contributed by atoms with Crippen LogP contribution in [-0.2, 0) is 55.3 Å². The number of hydrogen-bond donors (Lipinski definition) is 1. The quantitative estimate of drug-likeness (QED) is 0.621. The molecular formula is C20H23BO6S2. The molecule has 0 saturated carbocycles. The van der Waals surface area contributed by atoms with Crippen molar-refractivity contribution in [1.82, 2.24) is 0 Å². The van der Waals surface area contributed by atoms with Crippen LogP contribution in [0, 0.1) is 0 Å². The van der Waals surface area contributed by atoms with E-state index >= 15 is 0 Å². The van der Waals surface area contributed by atoms with E-state index in [1.807, 2.05) is 0 Å². The summed E-state index contributed by atoms with van der Waals surface area (Å²) in [5.74, 6) is 0.111. The molecule has 0 aliphatic carbocycles. The molecular weight excluding hydrogens is 411 g/mol. The fourth-order valence-corrected chi connectivity index (χ4v) is 5.55. The van der Waals surface area contributed by atoms with E-state index in [1.54, 1.807) is 36.6 Å². The predicted molar refractivity (Wildman–Crippen MR) is 113 cm³/mol. The van der Waals surface area contributed by atoms with Crippen LogP contribution < -0.4 is 5.46 Å². The Bertz CT molecular complexity index is 1060. The van der Waals surface area contributed by atoms with Crippen LogP contribution in [-0.4, -0.2) is 42.6 Å². The number of ketones is 1. The van der Waals surface area contributed by atoms with E-state index in [9.17, 15) is 22.4 Å². The summed E-state index contributed by atoms with van der Waals surface area (Å²) in [5.41, 5.74) is 3.32. The van der Waals surface area contributed by atoms with Crippen molar-refractivity contribution < 1.29 is 27.1 Å². The van der Waals surface area contributed by atoms with Crippen LogP contribution in [0.3, 0.4) is 0 Å².